The Morgan fingerprint density at radius 1 is 1.26 bits per heavy atom. The topological polar surface area (TPSA) is 129 Å². The predicted octanol–water partition coefficient (Wildman–Crippen LogP) is 5.76. The minimum Gasteiger partial charge on any atom is -0.455 e. The molecule has 1 aromatic carbocycles. The Morgan fingerprint density at radius 2 is 2.08 bits per heavy atom. The van der Waals surface area contributed by atoms with Crippen molar-refractivity contribution in [2.75, 3.05) is 24.3 Å². The molecule has 4 N–H and O–H groups in total. The highest BCUT2D eigenvalue weighted by Gasteiger charge is 2.19. The molecular weight excluding hydrogens is 526 g/mol. The van der Waals surface area contributed by atoms with Crippen molar-refractivity contribution in [3.8, 4) is 11.3 Å². The number of rotatable bonds is 13. The molecule has 0 saturated heterocycles. The van der Waals surface area contributed by atoms with Crippen LogP contribution in [0, 0.1) is 6.92 Å². The first-order chi connectivity index (χ1) is 18.3. The van der Waals surface area contributed by atoms with Crippen LogP contribution >= 0.6 is 23.4 Å². The second kappa shape index (κ2) is 14.8. The van der Waals surface area contributed by atoms with E-state index < -0.39 is 6.04 Å². The molecule has 11 heteroatoms. The average molecular weight is 560 g/mol. The molecule has 0 aliphatic carbocycles. The van der Waals surface area contributed by atoms with E-state index in [0.29, 0.717) is 39.9 Å². The number of halogens is 1. The summed E-state index contributed by atoms with van der Waals surface area (Å²) >= 11 is 7.25. The monoisotopic (exact) mass is 559 g/mol. The number of benzene rings is 1. The maximum atomic E-state index is 12.9. The second-order valence-corrected chi connectivity index (χ2v) is 10.3. The van der Waals surface area contributed by atoms with Gasteiger partial charge in [-0.15, -0.1) is 0 Å². The van der Waals surface area contributed by atoms with E-state index in [-0.39, 0.29) is 30.5 Å². The predicted molar refractivity (Wildman–Crippen MR) is 152 cm³/mol. The number of unbranched alkanes of at least 4 members (excludes halogenated alkanes) is 1. The molecule has 0 radical (unpaired) electrons. The summed E-state index contributed by atoms with van der Waals surface area (Å²) in [5.74, 6) is 0.785. The number of aromatic amines is 1. The fraction of sp³-hybridized carbons (Fsp3) is 0.407. The number of hydrogen-bond donors (Lipinski definition) is 4. The van der Waals surface area contributed by atoms with Crippen LogP contribution in [-0.2, 0) is 4.74 Å². The lowest BCUT2D eigenvalue weighted by Gasteiger charge is -2.17. The van der Waals surface area contributed by atoms with Crippen molar-refractivity contribution in [3.63, 3.8) is 0 Å². The Balaban J connectivity index is 1.66. The Bertz CT molecular complexity index is 1220. The van der Waals surface area contributed by atoms with Crippen molar-refractivity contribution >= 4 is 40.5 Å². The van der Waals surface area contributed by atoms with E-state index in [1.54, 1.807) is 42.7 Å². The van der Waals surface area contributed by atoms with Gasteiger partial charge in [0.25, 0.3) is 5.91 Å². The van der Waals surface area contributed by atoms with Gasteiger partial charge in [-0.05, 0) is 60.9 Å². The summed E-state index contributed by atoms with van der Waals surface area (Å²) in [6.45, 7) is 5.90. The van der Waals surface area contributed by atoms with Gasteiger partial charge in [-0.3, -0.25) is 4.79 Å². The Hall–Kier alpha value is -3.08. The van der Waals surface area contributed by atoms with E-state index in [4.69, 9.17) is 16.3 Å². The van der Waals surface area contributed by atoms with Gasteiger partial charge in [-0.2, -0.15) is 0 Å². The fourth-order valence-corrected chi connectivity index (χ4v) is 4.56. The van der Waals surface area contributed by atoms with Gasteiger partial charge >= 0.3 is 5.30 Å². The van der Waals surface area contributed by atoms with Gasteiger partial charge < -0.3 is 25.5 Å². The number of thioether (sulfide) groups is 1. The van der Waals surface area contributed by atoms with Crippen LogP contribution < -0.4 is 10.6 Å². The molecule has 204 valence electrons. The van der Waals surface area contributed by atoms with Gasteiger partial charge in [0.1, 0.15) is 12.3 Å². The Labute approximate surface area is 232 Å². The van der Waals surface area contributed by atoms with Crippen molar-refractivity contribution in [1.82, 2.24) is 20.3 Å². The molecule has 38 heavy (non-hydrogen) atoms. The zero-order chi connectivity index (χ0) is 27.5. The summed E-state index contributed by atoms with van der Waals surface area (Å²) < 4.78 is 5.39. The highest BCUT2D eigenvalue weighted by atomic mass is 35.5. The summed E-state index contributed by atoms with van der Waals surface area (Å²) in [7, 11) is 0. The summed E-state index contributed by atoms with van der Waals surface area (Å²) in [5.41, 5.74) is 3.24. The number of aliphatic hydroxyl groups excluding tert-OH is 1. The zero-order valence-electron chi connectivity index (χ0n) is 21.8. The third-order valence-electron chi connectivity index (χ3n) is 5.86. The van der Waals surface area contributed by atoms with Gasteiger partial charge in [0.15, 0.2) is 0 Å². The maximum Gasteiger partial charge on any atom is 0.367 e. The van der Waals surface area contributed by atoms with Crippen LogP contribution in [0.2, 0.25) is 5.02 Å². The smallest absolute Gasteiger partial charge is 0.367 e. The SMILES string of the molecule is CCCCSC(=O)OC[C@@H](CC)Nc1ncc(C)c(-c2c[nH]c(C(=O)N[C@H](CO)c3cccc(Cl)c3)c2)n1. The van der Waals surface area contributed by atoms with E-state index in [2.05, 4.69) is 32.5 Å². The molecule has 0 spiro atoms. The Morgan fingerprint density at radius 3 is 2.79 bits per heavy atom. The number of aromatic nitrogens is 3. The van der Waals surface area contributed by atoms with Crippen LogP contribution in [0.3, 0.4) is 0 Å². The largest absolute Gasteiger partial charge is 0.455 e. The zero-order valence-corrected chi connectivity index (χ0v) is 23.4. The van der Waals surface area contributed by atoms with E-state index in [0.717, 1.165) is 24.2 Å². The third kappa shape index (κ3) is 8.47. The number of anilines is 1. The van der Waals surface area contributed by atoms with E-state index in [1.165, 1.54) is 11.8 Å². The minimum absolute atomic E-state index is 0.143. The van der Waals surface area contributed by atoms with Crippen molar-refractivity contribution < 1.29 is 19.4 Å². The molecule has 0 aliphatic heterocycles. The number of nitrogens with zero attached hydrogens (tertiary/aromatic N) is 2. The number of amides is 1. The van der Waals surface area contributed by atoms with Gasteiger partial charge in [0, 0.05) is 28.7 Å². The number of ether oxygens (including phenoxy) is 1. The lowest BCUT2D eigenvalue weighted by Crippen LogP contribution is -2.31. The van der Waals surface area contributed by atoms with Crippen molar-refractivity contribution in [1.29, 1.82) is 0 Å². The van der Waals surface area contributed by atoms with Crippen LogP contribution in [0.4, 0.5) is 10.7 Å². The number of aliphatic hydroxyl groups is 1. The van der Waals surface area contributed by atoms with Gasteiger partial charge in [0.2, 0.25) is 5.95 Å². The molecule has 3 rings (SSSR count). The first kappa shape index (κ1) is 29.5. The molecule has 2 atom stereocenters. The number of carbonyl (C=O) groups excluding carboxylic acids is 2. The Kier molecular flexibility index (Phi) is 11.4. The highest BCUT2D eigenvalue weighted by Crippen LogP contribution is 2.24. The van der Waals surface area contributed by atoms with Crippen LogP contribution in [0.15, 0.2) is 42.7 Å². The molecule has 0 aliphatic rings. The molecular formula is C27H34ClN5O4S. The van der Waals surface area contributed by atoms with Crippen molar-refractivity contribution in [2.24, 2.45) is 0 Å². The summed E-state index contributed by atoms with van der Waals surface area (Å²) in [6, 6.07) is 7.95. The maximum absolute atomic E-state index is 12.9. The number of aryl methyl sites for hydroxylation is 1. The number of carbonyl (C=O) groups is 2. The quantitative estimate of drug-likeness (QED) is 0.154. The normalized spacial score (nSPS) is 12.6. The summed E-state index contributed by atoms with van der Waals surface area (Å²) in [5, 5.41) is 16.1. The lowest BCUT2D eigenvalue weighted by molar-refractivity contribution is 0.0911. The average Bonchev–Trinajstić information content (AvgIpc) is 3.41. The van der Waals surface area contributed by atoms with Crippen LogP contribution in [0.25, 0.3) is 11.3 Å². The second-order valence-electron chi connectivity index (χ2n) is 8.80. The van der Waals surface area contributed by atoms with Gasteiger partial charge in [-0.1, -0.05) is 44.0 Å². The lowest BCUT2D eigenvalue weighted by atomic mass is 10.1. The van der Waals surface area contributed by atoms with Crippen LogP contribution in [0.1, 0.15) is 60.8 Å². The first-order valence-electron chi connectivity index (χ1n) is 12.6. The first-order valence-corrected chi connectivity index (χ1v) is 14.0. The van der Waals surface area contributed by atoms with Gasteiger partial charge in [0.05, 0.1) is 24.4 Å². The summed E-state index contributed by atoms with van der Waals surface area (Å²) in [4.78, 5) is 36.8. The molecule has 0 saturated carbocycles. The van der Waals surface area contributed by atoms with E-state index in [1.807, 2.05) is 13.8 Å². The summed E-state index contributed by atoms with van der Waals surface area (Å²) in [6.07, 6.45) is 6.13. The molecule has 9 nitrogen and oxygen atoms in total. The molecule has 2 heterocycles. The van der Waals surface area contributed by atoms with E-state index in [9.17, 15) is 14.7 Å². The van der Waals surface area contributed by atoms with Crippen molar-refractivity contribution in [2.45, 2.75) is 52.1 Å². The number of H-pyrrole nitrogens is 1. The van der Waals surface area contributed by atoms with Crippen LogP contribution in [-0.4, -0.2) is 56.3 Å². The molecule has 2 aromatic heterocycles. The molecule has 0 fully saturated rings. The van der Waals surface area contributed by atoms with Gasteiger partial charge in [-0.25, -0.2) is 14.8 Å². The molecule has 0 bridgehead atoms. The molecule has 1 amide bonds. The highest BCUT2D eigenvalue weighted by molar-refractivity contribution is 8.13. The standard InChI is InChI=1S/C27H34ClN5O4S/c1-4-6-10-38-27(36)37-16-21(5-2)31-26-30-13-17(3)24(33-26)19-12-22(29-14-19)25(35)32-23(15-34)18-8-7-9-20(28)11-18/h7-9,11-14,21,23,29,34H,4-6,10,15-16H2,1-3H3,(H,32,35)(H,30,31,33)/t21-,23-/m1/s1. The van der Waals surface area contributed by atoms with Crippen molar-refractivity contribution in [3.05, 3.63) is 64.6 Å². The van der Waals surface area contributed by atoms with E-state index >= 15 is 0 Å². The minimum atomic E-state index is -0.602. The number of hydrogen-bond acceptors (Lipinski definition) is 8. The van der Waals surface area contributed by atoms with Crippen LogP contribution in [0.5, 0.6) is 0 Å². The molecule has 3 aromatic rings. The fourth-order valence-electron chi connectivity index (χ4n) is 3.61. The number of nitrogens with one attached hydrogen (secondary N) is 3. The third-order valence-corrected chi connectivity index (χ3v) is 6.94. The molecule has 0 unspecified atom stereocenters.